The van der Waals surface area contributed by atoms with Crippen LogP contribution in [0.1, 0.15) is 43.0 Å². The Labute approximate surface area is 106 Å². The summed E-state index contributed by atoms with van der Waals surface area (Å²) in [6.07, 6.45) is 2.05. The molecule has 1 aromatic rings. The number of rotatable bonds is 4. The molecule has 1 fully saturated rings. The zero-order chi connectivity index (χ0) is 13.0. The third kappa shape index (κ3) is 3.10. The summed E-state index contributed by atoms with van der Waals surface area (Å²) in [4.78, 5) is 15.9. The van der Waals surface area contributed by atoms with Crippen molar-refractivity contribution >= 4 is 5.97 Å². The first kappa shape index (κ1) is 13.1. The van der Waals surface area contributed by atoms with E-state index in [1.165, 1.54) is 0 Å². The van der Waals surface area contributed by atoms with Crippen molar-refractivity contribution in [3.05, 3.63) is 17.3 Å². The van der Waals surface area contributed by atoms with E-state index in [1.54, 1.807) is 6.92 Å². The average Bonchev–Trinajstić information content (AvgIpc) is 2.72. The van der Waals surface area contributed by atoms with E-state index in [9.17, 15) is 4.79 Å². The van der Waals surface area contributed by atoms with Gasteiger partial charge in [-0.15, -0.1) is 0 Å². The highest BCUT2D eigenvalue weighted by molar-refractivity contribution is 5.72. The monoisotopic (exact) mass is 253 g/mol. The number of oxazole rings is 1. The summed E-state index contributed by atoms with van der Waals surface area (Å²) in [5.74, 6) is 1.50. The smallest absolute Gasteiger partial charge is 0.311 e. The number of aryl methyl sites for hydroxylation is 1. The fraction of sp³-hybridized carbons (Fsp3) is 0.692. The van der Waals surface area contributed by atoms with E-state index in [-0.39, 0.29) is 12.4 Å². The summed E-state index contributed by atoms with van der Waals surface area (Å²) >= 11 is 0. The maximum atomic E-state index is 11.4. The lowest BCUT2D eigenvalue weighted by Gasteiger charge is -2.18. The molecule has 1 saturated heterocycles. The summed E-state index contributed by atoms with van der Waals surface area (Å²) in [7, 11) is 0. The summed E-state index contributed by atoms with van der Waals surface area (Å²) in [5.41, 5.74) is 0.690. The van der Waals surface area contributed by atoms with E-state index < -0.39 is 0 Å². The van der Waals surface area contributed by atoms with Gasteiger partial charge in [0.15, 0.2) is 5.89 Å². The molecule has 0 spiro atoms. The van der Waals surface area contributed by atoms with Crippen LogP contribution in [0.4, 0.5) is 0 Å². The minimum absolute atomic E-state index is 0.187. The second-order valence-electron chi connectivity index (χ2n) is 4.42. The maximum absolute atomic E-state index is 11.4. The van der Waals surface area contributed by atoms with Gasteiger partial charge in [-0.05, 0) is 26.7 Å². The lowest BCUT2D eigenvalue weighted by Crippen LogP contribution is -2.14. The van der Waals surface area contributed by atoms with Crippen LogP contribution < -0.4 is 0 Å². The molecular weight excluding hydrogens is 234 g/mol. The van der Waals surface area contributed by atoms with Gasteiger partial charge in [-0.2, -0.15) is 0 Å². The Morgan fingerprint density at radius 1 is 1.44 bits per heavy atom. The van der Waals surface area contributed by atoms with E-state index in [2.05, 4.69) is 4.98 Å². The first-order chi connectivity index (χ1) is 8.70. The quantitative estimate of drug-likeness (QED) is 0.768. The number of nitrogens with zero attached hydrogens (tertiary/aromatic N) is 1. The Balaban J connectivity index is 2.03. The van der Waals surface area contributed by atoms with Gasteiger partial charge in [0.2, 0.25) is 0 Å². The zero-order valence-electron chi connectivity index (χ0n) is 10.9. The fourth-order valence-electron chi connectivity index (χ4n) is 2.08. The van der Waals surface area contributed by atoms with Crippen molar-refractivity contribution in [2.24, 2.45) is 0 Å². The fourth-order valence-corrected chi connectivity index (χ4v) is 2.08. The molecule has 0 radical (unpaired) electrons. The van der Waals surface area contributed by atoms with Crippen LogP contribution in [0, 0.1) is 6.92 Å². The maximum Gasteiger partial charge on any atom is 0.311 e. The minimum Gasteiger partial charge on any atom is -0.466 e. The Kier molecular flexibility index (Phi) is 4.36. The van der Waals surface area contributed by atoms with Gasteiger partial charge in [-0.25, -0.2) is 4.98 Å². The van der Waals surface area contributed by atoms with Crippen LogP contribution in [-0.2, 0) is 20.7 Å². The largest absolute Gasteiger partial charge is 0.466 e. The van der Waals surface area contributed by atoms with Crippen LogP contribution in [0.3, 0.4) is 0 Å². The van der Waals surface area contributed by atoms with Crippen molar-refractivity contribution in [2.75, 3.05) is 19.8 Å². The lowest BCUT2D eigenvalue weighted by atomic mass is 10.0. The highest BCUT2D eigenvalue weighted by Crippen LogP contribution is 2.27. The van der Waals surface area contributed by atoms with Gasteiger partial charge in [-0.1, -0.05) is 0 Å². The van der Waals surface area contributed by atoms with Gasteiger partial charge in [0.05, 0.1) is 18.7 Å². The first-order valence-corrected chi connectivity index (χ1v) is 6.40. The Morgan fingerprint density at radius 2 is 2.17 bits per heavy atom. The molecule has 2 rings (SSSR count). The molecule has 2 heterocycles. The van der Waals surface area contributed by atoms with E-state index in [4.69, 9.17) is 13.9 Å². The highest BCUT2D eigenvalue weighted by Gasteiger charge is 2.23. The molecule has 0 atom stereocenters. The number of esters is 1. The van der Waals surface area contributed by atoms with Crippen molar-refractivity contribution in [3.8, 4) is 0 Å². The zero-order valence-corrected chi connectivity index (χ0v) is 10.9. The normalized spacial score (nSPS) is 16.8. The molecule has 0 saturated carbocycles. The second kappa shape index (κ2) is 6.00. The SMILES string of the molecule is CCOC(=O)Cc1nc(C2CCOCC2)oc1C. The number of carbonyl (C=O) groups is 1. The number of ether oxygens (including phenoxy) is 2. The van der Waals surface area contributed by atoms with Gasteiger partial charge in [0.25, 0.3) is 0 Å². The predicted molar refractivity (Wildman–Crippen MR) is 64.4 cm³/mol. The summed E-state index contributed by atoms with van der Waals surface area (Å²) in [5, 5.41) is 0. The molecule has 18 heavy (non-hydrogen) atoms. The number of aromatic nitrogens is 1. The molecule has 100 valence electrons. The minimum atomic E-state index is -0.257. The highest BCUT2D eigenvalue weighted by atomic mass is 16.5. The Hall–Kier alpha value is -1.36. The Bertz CT molecular complexity index is 407. The number of hydrogen-bond acceptors (Lipinski definition) is 5. The molecule has 5 nitrogen and oxygen atoms in total. The van der Waals surface area contributed by atoms with Crippen molar-refractivity contribution < 1.29 is 18.7 Å². The van der Waals surface area contributed by atoms with Crippen molar-refractivity contribution in [2.45, 2.75) is 39.0 Å². The van der Waals surface area contributed by atoms with Gasteiger partial charge in [0.1, 0.15) is 5.76 Å². The molecule has 0 bridgehead atoms. The molecule has 5 heteroatoms. The molecule has 1 aromatic heterocycles. The van der Waals surface area contributed by atoms with E-state index in [1.807, 2.05) is 6.92 Å². The molecule has 1 aliphatic rings. The van der Waals surface area contributed by atoms with Gasteiger partial charge >= 0.3 is 5.97 Å². The molecule has 0 aromatic carbocycles. The molecule has 0 amide bonds. The van der Waals surface area contributed by atoms with Crippen LogP contribution in [-0.4, -0.2) is 30.8 Å². The third-order valence-corrected chi connectivity index (χ3v) is 3.10. The molecule has 0 unspecified atom stereocenters. The van der Waals surface area contributed by atoms with Crippen molar-refractivity contribution in [1.29, 1.82) is 0 Å². The van der Waals surface area contributed by atoms with E-state index >= 15 is 0 Å². The molecule has 0 N–H and O–H groups in total. The van der Waals surface area contributed by atoms with E-state index in [0.29, 0.717) is 24.0 Å². The third-order valence-electron chi connectivity index (χ3n) is 3.10. The van der Waals surface area contributed by atoms with Gasteiger partial charge in [0, 0.05) is 19.1 Å². The van der Waals surface area contributed by atoms with Gasteiger partial charge < -0.3 is 13.9 Å². The number of carbonyl (C=O) groups excluding carboxylic acids is 1. The molecule has 1 aliphatic heterocycles. The molecular formula is C13H19NO4. The average molecular weight is 253 g/mol. The Morgan fingerprint density at radius 3 is 2.83 bits per heavy atom. The van der Waals surface area contributed by atoms with Crippen molar-refractivity contribution in [1.82, 2.24) is 4.98 Å². The lowest BCUT2D eigenvalue weighted by molar-refractivity contribution is -0.142. The number of hydrogen-bond donors (Lipinski definition) is 0. The van der Waals surface area contributed by atoms with Gasteiger partial charge in [-0.3, -0.25) is 4.79 Å². The van der Waals surface area contributed by atoms with Crippen LogP contribution in [0.25, 0.3) is 0 Å². The van der Waals surface area contributed by atoms with E-state index in [0.717, 1.165) is 31.9 Å². The van der Waals surface area contributed by atoms with Crippen LogP contribution in [0.2, 0.25) is 0 Å². The standard InChI is InChI=1S/C13H19NO4/c1-3-17-12(15)8-11-9(2)18-13(14-11)10-4-6-16-7-5-10/h10H,3-8H2,1-2H3. The summed E-state index contributed by atoms with van der Waals surface area (Å²) in [6, 6.07) is 0. The van der Waals surface area contributed by atoms with Crippen LogP contribution in [0.5, 0.6) is 0 Å². The molecule has 0 aliphatic carbocycles. The van der Waals surface area contributed by atoms with Crippen molar-refractivity contribution in [3.63, 3.8) is 0 Å². The van der Waals surface area contributed by atoms with Crippen LogP contribution in [0.15, 0.2) is 4.42 Å². The second-order valence-corrected chi connectivity index (χ2v) is 4.42. The van der Waals surface area contributed by atoms with Crippen LogP contribution >= 0.6 is 0 Å². The topological polar surface area (TPSA) is 61.6 Å². The summed E-state index contributed by atoms with van der Waals surface area (Å²) < 4.78 is 15.9. The predicted octanol–water partition coefficient (Wildman–Crippen LogP) is 1.98. The summed E-state index contributed by atoms with van der Waals surface area (Å²) in [6.45, 7) is 5.52. The first-order valence-electron chi connectivity index (χ1n) is 6.40.